The van der Waals surface area contributed by atoms with Crippen LogP contribution in [-0.4, -0.2) is 30.2 Å². The SMILES string of the molecule is CC#CCCNC(=O)NCC(=O)O. The molecule has 72 valence electrons. The molecule has 2 amide bonds. The molecule has 0 radical (unpaired) electrons. The van der Waals surface area contributed by atoms with Crippen LogP contribution < -0.4 is 10.6 Å². The zero-order valence-electron chi connectivity index (χ0n) is 7.39. The number of amides is 2. The maximum Gasteiger partial charge on any atom is 0.323 e. The summed E-state index contributed by atoms with van der Waals surface area (Å²) in [6, 6.07) is -0.486. The minimum absolute atomic E-state index is 0.370. The van der Waals surface area contributed by atoms with Gasteiger partial charge < -0.3 is 15.7 Å². The van der Waals surface area contributed by atoms with E-state index in [0.29, 0.717) is 13.0 Å². The number of urea groups is 1. The summed E-state index contributed by atoms with van der Waals surface area (Å²) in [5.74, 6) is 4.37. The molecule has 5 nitrogen and oxygen atoms in total. The minimum atomic E-state index is -1.07. The van der Waals surface area contributed by atoms with Gasteiger partial charge in [-0.25, -0.2) is 4.79 Å². The first kappa shape index (κ1) is 11.3. The van der Waals surface area contributed by atoms with Crippen molar-refractivity contribution in [2.45, 2.75) is 13.3 Å². The van der Waals surface area contributed by atoms with Crippen LogP contribution in [0, 0.1) is 11.8 Å². The van der Waals surface area contributed by atoms with Gasteiger partial charge in [-0.15, -0.1) is 11.8 Å². The quantitative estimate of drug-likeness (QED) is 0.417. The standard InChI is InChI=1S/C8H12N2O3/c1-2-3-4-5-9-8(13)10-6-7(11)12/h4-6H2,1H3,(H,11,12)(H2,9,10,13). The van der Waals surface area contributed by atoms with Crippen LogP contribution >= 0.6 is 0 Å². The van der Waals surface area contributed by atoms with Gasteiger partial charge in [0, 0.05) is 13.0 Å². The number of hydrogen-bond acceptors (Lipinski definition) is 2. The highest BCUT2D eigenvalue weighted by Crippen LogP contribution is 1.72. The zero-order valence-corrected chi connectivity index (χ0v) is 7.39. The summed E-state index contributed by atoms with van der Waals surface area (Å²) in [7, 11) is 0. The van der Waals surface area contributed by atoms with Gasteiger partial charge in [-0.05, 0) is 6.92 Å². The lowest BCUT2D eigenvalue weighted by molar-refractivity contribution is -0.135. The van der Waals surface area contributed by atoms with Crippen molar-refractivity contribution in [1.82, 2.24) is 10.6 Å². The molecule has 0 aliphatic carbocycles. The lowest BCUT2D eigenvalue weighted by Gasteiger charge is -2.02. The van der Waals surface area contributed by atoms with Crippen LogP contribution in [-0.2, 0) is 4.79 Å². The van der Waals surface area contributed by atoms with E-state index < -0.39 is 12.0 Å². The van der Waals surface area contributed by atoms with Gasteiger partial charge >= 0.3 is 12.0 Å². The molecule has 0 spiro atoms. The van der Waals surface area contributed by atoms with Crippen molar-refractivity contribution in [1.29, 1.82) is 0 Å². The Balaban J connectivity index is 3.39. The van der Waals surface area contributed by atoms with Crippen LogP contribution in [0.15, 0.2) is 0 Å². The Morgan fingerprint density at radius 1 is 1.38 bits per heavy atom. The van der Waals surface area contributed by atoms with Crippen LogP contribution in [0.5, 0.6) is 0 Å². The van der Waals surface area contributed by atoms with E-state index in [1.807, 2.05) is 0 Å². The molecule has 0 rings (SSSR count). The number of hydrogen-bond donors (Lipinski definition) is 3. The van der Waals surface area contributed by atoms with Gasteiger partial charge in [0.25, 0.3) is 0 Å². The van der Waals surface area contributed by atoms with E-state index in [4.69, 9.17) is 5.11 Å². The van der Waals surface area contributed by atoms with E-state index in [-0.39, 0.29) is 6.54 Å². The van der Waals surface area contributed by atoms with Crippen LogP contribution in [0.1, 0.15) is 13.3 Å². The Hall–Kier alpha value is -1.70. The first-order valence-electron chi connectivity index (χ1n) is 3.80. The third-order valence-corrected chi connectivity index (χ3v) is 1.11. The van der Waals surface area contributed by atoms with Crippen molar-refractivity contribution >= 4 is 12.0 Å². The highest BCUT2D eigenvalue weighted by molar-refractivity contribution is 5.79. The molecule has 0 aliphatic rings. The van der Waals surface area contributed by atoms with E-state index >= 15 is 0 Å². The predicted molar refractivity (Wildman–Crippen MR) is 47.1 cm³/mol. The van der Waals surface area contributed by atoms with Gasteiger partial charge in [0.2, 0.25) is 0 Å². The maximum absolute atomic E-state index is 10.8. The molecule has 5 heteroatoms. The van der Waals surface area contributed by atoms with E-state index in [1.165, 1.54) is 0 Å². The van der Waals surface area contributed by atoms with Gasteiger partial charge in [0.05, 0.1) is 0 Å². The monoisotopic (exact) mass is 184 g/mol. The minimum Gasteiger partial charge on any atom is -0.480 e. The smallest absolute Gasteiger partial charge is 0.323 e. The van der Waals surface area contributed by atoms with Crippen molar-refractivity contribution < 1.29 is 14.7 Å². The highest BCUT2D eigenvalue weighted by atomic mass is 16.4. The number of carboxylic acids is 1. The summed E-state index contributed by atoms with van der Waals surface area (Å²) in [5, 5.41) is 12.8. The molecular formula is C8H12N2O3. The normalized spacial score (nSPS) is 8.08. The van der Waals surface area contributed by atoms with Crippen molar-refractivity contribution in [3.63, 3.8) is 0 Å². The molecule has 0 fully saturated rings. The van der Waals surface area contributed by atoms with E-state index in [2.05, 4.69) is 22.5 Å². The number of nitrogens with one attached hydrogen (secondary N) is 2. The number of carboxylic acid groups (broad SMARTS) is 1. The van der Waals surface area contributed by atoms with Gasteiger partial charge in [-0.2, -0.15) is 0 Å². The fraction of sp³-hybridized carbons (Fsp3) is 0.500. The zero-order chi connectivity index (χ0) is 10.1. The summed E-state index contributed by atoms with van der Waals surface area (Å²) in [6.07, 6.45) is 0.566. The maximum atomic E-state index is 10.8. The van der Waals surface area contributed by atoms with Gasteiger partial charge in [0.1, 0.15) is 6.54 Å². The largest absolute Gasteiger partial charge is 0.480 e. The first-order valence-corrected chi connectivity index (χ1v) is 3.80. The number of rotatable bonds is 4. The summed E-state index contributed by atoms with van der Waals surface area (Å²) in [4.78, 5) is 20.8. The van der Waals surface area contributed by atoms with Gasteiger partial charge in [-0.3, -0.25) is 4.79 Å². The van der Waals surface area contributed by atoms with Crippen LogP contribution in [0.4, 0.5) is 4.79 Å². The Bertz CT molecular complexity index is 240. The van der Waals surface area contributed by atoms with E-state index in [0.717, 1.165) is 0 Å². The van der Waals surface area contributed by atoms with Crippen LogP contribution in [0.3, 0.4) is 0 Å². The fourth-order valence-electron chi connectivity index (χ4n) is 0.582. The molecule has 0 aromatic carbocycles. The Kier molecular flexibility index (Phi) is 6.06. The van der Waals surface area contributed by atoms with E-state index in [1.54, 1.807) is 6.92 Å². The first-order chi connectivity index (χ1) is 6.16. The molecule has 0 bridgehead atoms. The molecule has 3 N–H and O–H groups in total. The van der Waals surface area contributed by atoms with Gasteiger partial charge in [0.15, 0.2) is 0 Å². The van der Waals surface area contributed by atoms with Gasteiger partial charge in [-0.1, -0.05) is 0 Å². The van der Waals surface area contributed by atoms with Crippen molar-refractivity contribution in [2.75, 3.05) is 13.1 Å². The average molecular weight is 184 g/mol. The molecule has 0 saturated heterocycles. The lowest BCUT2D eigenvalue weighted by atomic mass is 10.4. The number of aliphatic carboxylic acids is 1. The molecule has 0 aromatic heterocycles. The highest BCUT2D eigenvalue weighted by Gasteiger charge is 2.00. The topological polar surface area (TPSA) is 78.4 Å². The summed E-state index contributed by atoms with van der Waals surface area (Å²) >= 11 is 0. The Morgan fingerprint density at radius 2 is 2.08 bits per heavy atom. The third kappa shape index (κ3) is 8.20. The van der Waals surface area contributed by atoms with E-state index in [9.17, 15) is 9.59 Å². The Labute approximate surface area is 76.5 Å². The fourth-order valence-corrected chi connectivity index (χ4v) is 0.582. The molecule has 0 aromatic rings. The molecule has 0 aliphatic heterocycles. The summed E-state index contributed by atoms with van der Waals surface area (Å²) in [5.41, 5.74) is 0. The summed E-state index contributed by atoms with van der Waals surface area (Å²) in [6.45, 7) is 1.77. The molecular weight excluding hydrogens is 172 g/mol. The molecule has 0 heterocycles. The predicted octanol–water partition coefficient (Wildman–Crippen LogP) is -0.216. The lowest BCUT2D eigenvalue weighted by Crippen LogP contribution is -2.38. The second-order valence-electron chi connectivity index (χ2n) is 2.18. The summed E-state index contributed by atoms with van der Waals surface area (Å²) < 4.78 is 0. The van der Waals surface area contributed by atoms with Crippen LogP contribution in [0.2, 0.25) is 0 Å². The molecule has 0 saturated carbocycles. The number of carbonyl (C=O) groups is 2. The average Bonchev–Trinajstić information content (AvgIpc) is 2.09. The van der Waals surface area contributed by atoms with Crippen molar-refractivity contribution in [2.24, 2.45) is 0 Å². The molecule has 13 heavy (non-hydrogen) atoms. The second-order valence-corrected chi connectivity index (χ2v) is 2.18. The molecule has 0 unspecified atom stereocenters. The third-order valence-electron chi connectivity index (χ3n) is 1.11. The van der Waals surface area contributed by atoms with Crippen molar-refractivity contribution in [3.05, 3.63) is 0 Å². The Morgan fingerprint density at radius 3 is 2.62 bits per heavy atom. The van der Waals surface area contributed by atoms with Crippen molar-refractivity contribution in [3.8, 4) is 11.8 Å². The molecule has 0 atom stereocenters. The number of carbonyl (C=O) groups excluding carboxylic acids is 1. The second kappa shape index (κ2) is 6.98. The van der Waals surface area contributed by atoms with Crippen LogP contribution in [0.25, 0.3) is 0 Å².